The lowest BCUT2D eigenvalue weighted by Gasteiger charge is -2.10. The van der Waals surface area contributed by atoms with E-state index in [9.17, 15) is 9.59 Å². The monoisotopic (exact) mass is 301 g/mol. The van der Waals surface area contributed by atoms with Crippen molar-refractivity contribution in [3.8, 4) is 0 Å². The van der Waals surface area contributed by atoms with E-state index in [1.54, 1.807) is 13.0 Å². The standard InChI is InChI=1S/C17H19NO4/c1-10(2)12-5-4-6-13(7-12)18-17(21)16-11(3)9-22-14(16)8-15(19)20/h4-7,9-10H,8H2,1-3H3,(H,18,21)(H,19,20). The smallest absolute Gasteiger partial charge is 0.311 e. The first-order valence-corrected chi connectivity index (χ1v) is 7.08. The highest BCUT2D eigenvalue weighted by Gasteiger charge is 2.20. The number of aliphatic carboxylic acids is 1. The Morgan fingerprint density at radius 2 is 2.05 bits per heavy atom. The molecule has 0 bridgehead atoms. The highest BCUT2D eigenvalue weighted by Crippen LogP contribution is 2.22. The molecule has 5 nitrogen and oxygen atoms in total. The van der Waals surface area contributed by atoms with Gasteiger partial charge in [0.15, 0.2) is 0 Å². The maximum Gasteiger partial charge on any atom is 0.311 e. The first-order valence-electron chi connectivity index (χ1n) is 7.08. The van der Waals surface area contributed by atoms with Gasteiger partial charge in [-0.05, 0) is 30.5 Å². The molecule has 1 heterocycles. The fourth-order valence-corrected chi connectivity index (χ4v) is 2.24. The molecule has 22 heavy (non-hydrogen) atoms. The number of carbonyl (C=O) groups excluding carboxylic acids is 1. The second kappa shape index (κ2) is 6.47. The first kappa shape index (κ1) is 15.8. The van der Waals surface area contributed by atoms with Crippen LogP contribution in [-0.4, -0.2) is 17.0 Å². The minimum absolute atomic E-state index is 0.169. The maximum atomic E-state index is 12.4. The van der Waals surface area contributed by atoms with E-state index in [2.05, 4.69) is 19.2 Å². The van der Waals surface area contributed by atoms with E-state index >= 15 is 0 Å². The summed E-state index contributed by atoms with van der Waals surface area (Å²) >= 11 is 0. The number of hydrogen-bond acceptors (Lipinski definition) is 3. The van der Waals surface area contributed by atoms with Gasteiger partial charge in [-0.25, -0.2) is 0 Å². The Hall–Kier alpha value is -2.56. The summed E-state index contributed by atoms with van der Waals surface area (Å²) in [5, 5.41) is 11.7. The summed E-state index contributed by atoms with van der Waals surface area (Å²) in [4.78, 5) is 23.3. The van der Waals surface area contributed by atoms with Gasteiger partial charge >= 0.3 is 5.97 Å². The number of hydrogen-bond donors (Lipinski definition) is 2. The molecule has 0 fully saturated rings. The van der Waals surface area contributed by atoms with Crippen molar-refractivity contribution < 1.29 is 19.1 Å². The summed E-state index contributed by atoms with van der Waals surface area (Å²) in [6, 6.07) is 7.59. The molecule has 0 saturated heterocycles. The van der Waals surface area contributed by atoms with Crippen LogP contribution in [0.25, 0.3) is 0 Å². The van der Waals surface area contributed by atoms with Crippen molar-refractivity contribution in [3.05, 3.63) is 53.0 Å². The fourth-order valence-electron chi connectivity index (χ4n) is 2.24. The second-order valence-electron chi connectivity index (χ2n) is 5.52. The first-order chi connectivity index (χ1) is 10.4. The lowest BCUT2D eigenvalue weighted by atomic mass is 10.0. The van der Waals surface area contributed by atoms with Gasteiger partial charge in [-0.2, -0.15) is 0 Å². The van der Waals surface area contributed by atoms with Crippen LogP contribution in [0.15, 0.2) is 34.9 Å². The Labute approximate surface area is 129 Å². The summed E-state index contributed by atoms with van der Waals surface area (Å²) in [6.07, 6.45) is 1.08. The Morgan fingerprint density at radius 1 is 1.32 bits per heavy atom. The lowest BCUT2D eigenvalue weighted by molar-refractivity contribution is -0.136. The second-order valence-corrected chi connectivity index (χ2v) is 5.52. The van der Waals surface area contributed by atoms with Crippen molar-refractivity contribution in [2.75, 3.05) is 5.32 Å². The van der Waals surface area contributed by atoms with E-state index < -0.39 is 5.97 Å². The Morgan fingerprint density at radius 3 is 2.68 bits per heavy atom. The Kier molecular flexibility index (Phi) is 4.65. The number of carboxylic acids is 1. The molecule has 5 heteroatoms. The largest absolute Gasteiger partial charge is 0.481 e. The molecule has 1 aromatic heterocycles. The molecule has 0 unspecified atom stereocenters. The van der Waals surface area contributed by atoms with Crippen LogP contribution in [-0.2, 0) is 11.2 Å². The van der Waals surface area contributed by atoms with E-state index in [1.165, 1.54) is 6.26 Å². The molecule has 0 spiro atoms. The molecule has 1 aromatic carbocycles. The Bertz CT molecular complexity index is 700. The number of carbonyl (C=O) groups is 2. The van der Waals surface area contributed by atoms with E-state index in [4.69, 9.17) is 9.52 Å². The molecular weight excluding hydrogens is 282 g/mol. The van der Waals surface area contributed by atoms with Gasteiger partial charge in [-0.1, -0.05) is 26.0 Å². The molecule has 2 aromatic rings. The van der Waals surface area contributed by atoms with E-state index in [-0.39, 0.29) is 23.7 Å². The van der Waals surface area contributed by atoms with E-state index in [0.717, 1.165) is 5.56 Å². The van der Waals surface area contributed by atoms with Crippen molar-refractivity contribution in [3.63, 3.8) is 0 Å². The van der Waals surface area contributed by atoms with Gasteiger partial charge in [0.1, 0.15) is 12.2 Å². The van der Waals surface area contributed by atoms with Crippen LogP contribution in [0.5, 0.6) is 0 Å². The van der Waals surface area contributed by atoms with Gasteiger partial charge in [0.05, 0.1) is 11.8 Å². The topological polar surface area (TPSA) is 79.5 Å². The molecule has 0 atom stereocenters. The van der Waals surface area contributed by atoms with Gasteiger partial charge in [0.2, 0.25) is 0 Å². The minimum atomic E-state index is -1.04. The molecule has 2 rings (SSSR count). The van der Waals surface area contributed by atoms with E-state index in [0.29, 0.717) is 17.2 Å². The van der Waals surface area contributed by atoms with Crippen LogP contribution >= 0.6 is 0 Å². The third-order valence-corrected chi connectivity index (χ3v) is 3.40. The van der Waals surface area contributed by atoms with Crippen LogP contribution in [0.2, 0.25) is 0 Å². The van der Waals surface area contributed by atoms with Crippen LogP contribution in [0, 0.1) is 6.92 Å². The molecule has 0 radical (unpaired) electrons. The van der Waals surface area contributed by atoms with Crippen LogP contribution in [0.3, 0.4) is 0 Å². The highest BCUT2D eigenvalue weighted by molar-refractivity contribution is 6.06. The third-order valence-electron chi connectivity index (χ3n) is 3.40. The van der Waals surface area contributed by atoms with Gasteiger partial charge < -0.3 is 14.8 Å². The van der Waals surface area contributed by atoms with Gasteiger partial charge in [-0.3, -0.25) is 9.59 Å². The minimum Gasteiger partial charge on any atom is -0.481 e. The number of amides is 1. The number of benzene rings is 1. The lowest BCUT2D eigenvalue weighted by Crippen LogP contribution is -2.15. The predicted molar refractivity (Wildman–Crippen MR) is 83.3 cm³/mol. The van der Waals surface area contributed by atoms with Crippen molar-refractivity contribution >= 4 is 17.6 Å². The summed E-state index contributed by atoms with van der Waals surface area (Å²) in [7, 11) is 0. The molecule has 0 aliphatic heterocycles. The van der Waals surface area contributed by atoms with Crippen LogP contribution in [0.1, 0.15) is 47.0 Å². The number of aryl methyl sites for hydroxylation is 1. The predicted octanol–water partition coefficient (Wildman–Crippen LogP) is 3.59. The van der Waals surface area contributed by atoms with Crippen molar-refractivity contribution in [1.82, 2.24) is 0 Å². The summed E-state index contributed by atoms with van der Waals surface area (Å²) in [5.74, 6) is -0.869. The van der Waals surface area contributed by atoms with Gasteiger partial charge in [0, 0.05) is 11.3 Å². The van der Waals surface area contributed by atoms with Crippen LogP contribution in [0.4, 0.5) is 5.69 Å². The number of rotatable bonds is 5. The fraction of sp³-hybridized carbons (Fsp3) is 0.294. The van der Waals surface area contributed by atoms with Crippen molar-refractivity contribution in [2.24, 2.45) is 0 Å². The number of nitrogens with one attached hydrogen (secondary N) is 1. The zero-order chi connectivity index (χ0) is 16.3. The average Bonchev–Trinajstić information content (AvgIpc) is 2.79. The average molecular weight is 301 g/mol. The SMILES string of the molecule is Cc1coc(CC(=O)O)c1C(=O)Nc1cccc(C(C)C)c1. The zero-order valence-electron chi connectivity index (χ0n) is 12.8. The third kappa shape index (κ3) is 3.55. The zero-order valence-corrected chi connectivity index (χ0v) is 12.8. The highest BCUT2D eigenvalue weighted by atomic mass is 16.4. The maximum absolute atomic E-state index is 12.4. The summed E-state index contributed by atoms with van der Waals surface area (Å²) in [6.45, 7) is 5.87. The normalized spacial score (nSPS) is 10.7. The van der Waals surface area contributed by atoms with Crippen LogP contribution < -0.4 is 5.32 Å². The van der Waals surface area contributed by atoms with Crippen molar-refractivity contribution in [1.29, 1.82) is 0 Å². The molecule has 0 aliphatic rings. The number of anilines is 1. The van der Waals surface area contributed by atoms with Gasteiger partial charge in [0.25, 0.3) is 5.91 Å². The van der Waals surface area contributed by atoms with Crippen molar-refractivity contribution in [2.45, 2.75) is 33.1 Å². The molecule has 1 amide bonds. The molecule has 0 saturated carbocycles. The quantitative estimate of drug-likeness (QED) is 0.884. The van der Waals surface area contributed by atoms with E-state index in [1.807, 2.05) is 18.2 Å². The summed E-state index contributed by atoms with van der Waals surface area (Å²) < 4.78 is 5.19. The summed E-state index contributed by atoms with van der Waals surface area (Å²) in [5.41, 5.74) is 2.71. The molecule has 2 N–H and O–H groups in total. The molecular formula is C17H19NO4. The molecule has 116 valence electrons. The van der Waals surface area contributed by atoms with Gasteiger partial charge in [-0.15, -0.1) is 0 Å². The number of carboxylic acid groups (broad SMARTS) is 1. The Balaban J connectivity index is 2.24. The molecule has 0 aliphatic carbocycles. The number of furan rings is 1.